The predicted molar refractivity (Wildman–Crippen MR) is 129 cm³/mol. The first-order chi connectivity index (χ1) is 16.5. The molecule has 2 aromatic rings. The summed E-state index contributed by atoms with van der Waals surface area (Å²) in [7, 11) is 0. The number of nitrogens with one attached hydrogen (secondary N) is 3. The fourth-order valence-electron chi connectivity index (χ4n) is 4.98. The molecule has 0 radical (unpaired) electrons. The van der Waals surface area contributed by atoms with Gasteiger partial charge in [0.2, 0.25) is 11.8 Å². The molecule has 180 valence electrons. The van der Waals surface area contributed by atoms with Gasteiger partial charge in [-0.1, -0.05) is 54.6 Å². The van der Waals surface area contributed by atoms with E-state index in [9.17, 15) is 19.5 Å². The van der Waals surface area contributed by atoms with Crippen molar-refractivity contribution in [2.24, 2.45) is 11.8 Å². The summed E-state index contributed by atoms with van der Waals surface area (Å²) in [6.45, 7) is 1.31. The Morgan fingerprint density at radius 2 is 1.59 bits per heavy atom. The minimum Gasteiger partial charge on any atom is -0.480 e. The zero-order valence-electron chi connectivity index (χ0n) is 19.3. The van der Waals surface area contributed by atoms with Crippen LogP contribution in [0.4, 0.5) is 0 Å². The summed E-state index contributed by atoms with van der Waals surface area (Å²) in [6, 6.07) is 16.4. The van der Waals surface area contributed by atoms with E-state index >= 15 is 0 Å². The molecule has 2 amide bonds. The van der Waals surface area contributed by atoms with Crippen LogP contribution in [0, 0.1) is 11.8 Å². The van der Waals surface area contributed by atoms with Crippen molar-refractivity contribution in [1.29, 1.82) is 0 Å². The predicted octanol–water partition coefficient (Wildman–Crippen LogP) is 2.44. The molecular weight excluding hydrogens is 430 g/mol. The van der Waals surface area contributed by atoms with Crippen molar-refractivity contribution in [1.82, 2.24) is 16.0 Å². The number of fused-ring (bicyclic) bond motifs is 1. The van der Waals surface area contributed by atoms with Gasteiger partial charge in [-0.05, 0) is 54.7 Å². The van der Waals surface area contributed by atoms with Crippen molar-refractivity contribution in [3.8, 4) is 0 Å². The summed E-state index contributed by atoms with van der Waals surface area (Å²) in [4.78, 5) is 37.1. The molecule has 34 heavy (non-hydrogen) atoms. The van der Waals surface area contributed by atoms with E-state index in [4.69, 9.17) is 0 Å². The highest BCUT2D eigenvalue weighted by Crippen LogP contribution is 2.29. The number of benzene rings is 2. The van der Waals surface area contributed by atoms with Crippen LogP contribution in [0.15, 0.2) is 54.6 Å². The van der Waals surface area contributed by atoms with Crippen LogP contribution in [-0.4, -0.2) is 41.5 Å². The fourth-order valence-corrected chi connectivity index (χ4v) is 4.98. The van der Waals surface area contributed by atoms with Gasteiger partial charge in [-0.2, -0.15) is 0 Å². The van der Waals surface area contributed by atoms with E-state index in [1.54, 1.807) is 0 Å². The first-order valence-electron chi connectivity index (χ1n) is 12.1. The van der Waals surface area contributed by atoms with E-state index in [0.29, 0.717) is 38.3 Å². The zero-order chi connectivity index (χ0) is 23.9. The molecule has 1 heterocycles. The van der Waals surface area contributed by atoms with Gasteiger partial charge in [0.1, 0.15) is 6.04 Å². The van der Waals surface area contributed by atoms with E-state index in [2.05, 4.69) is 28.1 Å². The highest BCUT2D eigenvalue weighted by atomic mass is 16.4. The summed E-state index contributed by atoms with van der Waals surface area (Å²) in [5.74, 6) is -1.02. The Bertz CT molecular complexity index is 1000. The second kappa shape index (κ2) is 11.3. The molecule has 1 aliphatic heterocycles. The Morgan fingerprint density at radius 3 is 2.29 bits per heavy atom. The number of carboxylic acid groups (broad SMARTS) is 1. The van der Waals surface area contributed by atoms with Crippen LogP contribution in [0.1, 0.15) is 42.4 Å². The lowest BCUT2D eigenvalue weighted by atomic mass is 9.81. The van der Waals surface area contributed by atoms with Crippen molar-refractivity contribution in [2.75, 3.05) is 6.54 Å². The number of carbonyl (C=O) groups excluding carboxylic acids is 2. The van der Waals surface area contributed by atoms with Gasteiger partial charge in [0.15, 0.2) is 0 Å². The van der Waals surface area contributed by atoms with Gasteiger partial charge in [0, 0.05) is 25.4 Å². The van der Waals surface area contributed by atoms with Gasteiger partial charge >= 0.3 is 5.97 Å². The maximum absolute atomic E-state index is 12.7. The number of amides is 2. The number of hydrogen-bond donors (Lipinski definition) is 4. The first-order valence-corrected chi connectivity index (χ1v) is 12.1. The Hall–Kier alpha value is -3.19. The SMILES string of the molecule is O=C(N[C@H](Cc1ccccc1)C(=O)O)C1CCC(CNC(=O)[C@H]2Cc3ccccc3CN2)CC1. The molecular formula is C27H33N3O4. The van der Waals surface area contributed by atoms with Crippen molar-refractivity contribution < 1.29 is 19.5 Å². The molecule has 0 aromatic heterocycles. The summed E-state index contributed by atoms with van der Waals surface area (Å²) in [6.07, 6.45) is 4.06. The summed E-state index contributed by atoms with van der Waals surface area (Å²) < 4.78 is 0. The maximum Gasteiger partial charge on any atom is 0.326 e. The van der Waals surface area contributed by atoms with E-state index in [1.165, 1.54) is 11.1 Å². The molecule has 2 aliphatic rings. The average Bonchev–Trinajstić information content (AvgIpc) is 2.87. The van der Waals surface area contributed by atoms with Gasteiger partial charge in [-0.3, -0.25) is 9.59 Å². The van der Waals surface area contributed by atoms with Crippen LogP contribution in [-0.2, 0) is 33.8 Å². The van der Waals surface area contributed by atoms with Gasteiger partial charge in [0.05, 0.1) is 6.04 Å². The molecule has 1 fully saturated rings. The highest BCUT2D eigenvalue weighted by molar-refractivity contribution is 5.85. The Kier molecular flexibility index (Phi) is 7.95. The van der Waals surface area contributed by atoms with Crippen LogP contribution < -0.4 is 16.0 Å². The van der Waals surface area contributed by atoms with Crippen LogP contribution >= 0.6 is 0 Å². The van der Waals surface area contributed by atoms with E-state index in [-0.39, 0.29) is 30.2 Å². The zero-order valence-corrected chi connectivity index (χ0v) is 19.3. The Balaban J connectivity index is 1.20. The second-order valence-corrected chi connectivity index (χ2v) is 9.46. The average molecular weight is 464 g/mol. The topological polar surface area (TPSA) is 108 Å². The molecule has 0 unspecified atom stereocenters. The molecule has 4 N–H and O–H groups in total. The first kappa shape index (κ1) is 24.0. The fraction of sp³-hybridized carbons (Fsp3) is 0.444. The molecule has 0 spiro atoms. The smallest absolute Gasteiger partial charge is 0.326 e. The van der Waals surface area contributed by atoms with Gasteiger partial charge < -0.3 is 21.1 Å². The quantitative estimate of drug-likeness (QED) is 0.481. The lowest BCUT2D eigenvalue weighted by Crippen LogP contribution is -2.49. The minimum atomic E-state index is -1.02. The lowest BCUT2D eigenvalue weighted by Gasteiger charge is -2.30. The van der Waals surface area contributed by atoms with Crippen molar-refractivity contribution >= 4 is 17.8 Å². The monoisotopic (exact) mass is 463 g/mol. The highest BCUT2D eigenvalue weighted by Gasteiger charge is 2.30. The van der Waals surface area contributed by atoms with E-state index < -0.39 is 12.0 Å². The lowest BCUT2D eigenvalue weighted by molar-refractivity contribution is -0.142. The third-order valence-corrected chi connectivity index (χ3v) is 7.08. The third-order valence-electron chi connectivity index (χ3n) is 7.08. The number of rotatable bonds is 8. The minimum absolute atomic E-state index is 0.0274. The maximum atomic E-state index is 12.7. The summed E-state index contributed by atoms with van der Waals surface area (Å²) >= 11 is 0. The van der Waals surface area contributed by atoms with Crippen LogP contribution in [0.25, 0.3) is 0 Å². The normalized spacial score (nSPS) is 22.8. The van der Waals surface area contributed by atoms with Crippen LogP contribution in [0.5, 0.6) is 0 Å². The Morgan fingerprint density at radius 1 is 0.912 bits per heavy atom. The van der Waals surface area contributed by atoms with Crippen molar-refractivity contribution in [3.05, 3.63) is 71.3 Å². The van der Waals surface area contributed by atoms with Gasteiger partial charge in [0.25, 0.3) is 0 Å². The van der Waals surface area contributed by atoms with E-state index in [1.807, 2.05) is 42.5 Å². The van der Waals surface area contributed by atoms with Gasteiger partial charge in [-0.15, -0.1) is 0 Å². The third kappa shape index (κ3) is 6.23. The van der Waals surface area contributed by atoms with Crippen molar-refractivity contribution in [2.45, 2.75) is 57.2 Å². The second-order valence-electron chi connectivity index (χ2n) is 9.46. The van der Waals surface area contributed by atoms with Crippen LogP contribution in [0.3, 0.4) is 0 Å². The standard InChI is InChI=1S/C27H33N3O4/c31-25(30-24(27(33)34)14-18-6-2-1-3-7-18)20-12-10-19(11-13-20)16-29-26(32)23-15-21-8-4-5-9-22(21)17-28-23/h1-9,19-20,23-24,28H,10-17H2,(H,29,32)(H,30,31)(H,33,34)/t19?,20?,23-,24-/m1/s1. The molecule has 2 atom stereocenters. The number of carboxylic acids is 1. The molecule has 4 rings (SSSR count). The van der Waals surface area contributed by atoms with Crippen molar-refractivity contribution in [3.63, 3.8) is 0 Å². The Labute approximate surface area is 200 Å². The van der Waals surface area contributed by atoms with E-state index in [0.717, 1.165) is 18.4 Å². The molecule has 0 bridgehead atoms. The molecule has 7 heteroatoms. The largest absolute Gasteiger partial charge is 0.480 e. The number of hydrogen-bond acceptors (Lipinski definition) is 4. The molecule has 1 aliphatic carbocycles. The summed E-state index contributed by atoms with van der Waals surface area (Å²) in [5.41, 5.74) is 3.35. The molecule has 7 nitrogen and oxygen atoms in total. The number of aliphatic carboxylic acids is 1. The van der Waals surface area contributed by atoms with Gasteiger partial charge in [-0.25, -0.2) is 4.79 Å². The molecule has 2 aromatic carbocycles. The van der Waals surface area contributed by atoms with Crippen LogP contribution in [0.2, 0.25) is 0 Å². The molecule has 1 saturated carbocycles. The molecule has 0 saturated heterocycles. The summed E-state index contributed by atoms with van der Waals surface area (Å²) in [5, 5.41) is 18.7. The number of carbonyl (C=O) groups is 3.